The number of aryl methyl sites for hydroxylation is 1. The van der Waals surface area contributed by atoms with E-state index in [9.17, 15) is 0 Å². The number of tetrazole rings is 1. The van der Waals surface area contributed by atoms with Crippen LogP contribution in [0.1, 0.15) is 5.56 Å². The third-order valence-electron chi connectivity index (χ3n) is 2.83. The van der Waals surface area contributed by atoms with E-state index in [4.69, 9.17) is 0 Å². The van der Waals surface area contributed by atoms with Gasteiger partial charge in [0.25, 0.3) is 0 Å². The lowest BCUT2D eigenvalue weighted by Gasteiger charge is -2.02. The lowest BCUT2D eigenvalue weighted by Crippen LogP contribution is -2.01. The van der Waals surface area contributed by atoms with Crippen molar-refractivity contribution >= 4 is 17.5 Å². The second-order valence-corrected chi connectivity index (χ2v) is 4.56. The number of rotatable bonds is 4. The number of hydrogen-bond donors (Lipinski definition) is 1. The van der Waals surface area contributed by atoms with E-state index in [2.05, 4.69) is 36.2 Å². The molecule has 0 amide bonds. The summed E-state index contributed by atoms with van der Waals surface area (Å²) in [5, 5.41) is 23.8. The summed E-state index contributed by atoms with van der Waals surface area (Å²) in [5.41, 5.74) is 4.64. The zero-order valence-electron chi connectivity index (χ0n) is 12.4. The number of aromatic nitrogens is 4. The summed E-state index contributed by atoms with van der Waals surface area (Å²) in [5.74, 6) is 0.595. The predicted octanol–water partition coefficient (Wildman–Crippen LogP) is 2.77. The number of amidine groups is 1. The standard InChI is InChI=1S/C15H14N8/c1-23-21-15(20-22-23)19-18-14(12-8-4-2-5-9-12)17-16-13-10-6-3-7-11-13/h2-11,16H,1H3/b17-14-,19-18?. The highest BCUT2D eigenvalue weighted by Gasteiger charge is 2.04. The molecular weight excluding hydrogens is 292 g/mol. The summed E-state index contributed by atoms with van der Waals surface area (Å²) in [4.78, 5) is 1.32. The molecule has 3 aromatic rings. The van der Waals surface area contributed by atoms with Crippen LogP contribution in [0.25, 0.3) is 0 Å². The molecule has 0 aliphatic carbocycles. The van der Waals surface area contributed by atoms with E-state index in [1.54, 1.807) is 7.05 Å². The smallest absolute Gasteiger partial charge is 0.276 e. The molecule has 1 aromatic heterocycles. The molecule has 0 unspecified atom stereocenters. The Morgan fingerprint density at radius 2 is 1.70 bits per heavy atom. The summed E-state index contributed by atoms with van der Waals surface area (Å²) in [6.45, 7) is 0. The molecule has 3 rings (SSSR count). The maximum atomic E-state index is 4.31. The Morgan fingerprint density at radius 1 is 1.00 bits per heavy atom. The number of benzene rings is 2. The highest BCUT2D eigenvalue weighted by molar-refractivity contribution is 5.99. The number of anilines is 1. The first-order valence-electron chi connectivity index (χ1n) is 6.91. The number of azo groups is 1. The Hall–Kier alpha value is -3.42. The van der Waals surface area contributed by atoms with Gasteiger partial charge in [0.2, 0.25) is 5.84 Å². The van der Waals surface area contributed by atoms with Gasteiger partial charge in [-0.05, 0) is 17.3 Å². The molecule has 0 fully saturated rings. The van der Waals surface area contributed by atoms with Gasteiger partial charge in [-0.1, -0.05) is 53.6 Å². The van der Waals surface area contributed by atoms with Gasteiger partial charge in [0.15, 0.2) is 0 Å². The minimum atomic E-state index is 0.177. The van der Waals surface area contributed by atoms with Crippen LogP contribution < -0.4 is 5.43 Å². The van der Waals surface area contributed by atoms with Crippen LogP contribution in [0, 0.1) is 0 Å². The summed E-state index contributed by atoms with van der Waals surface area (Å²) in [6, 6.07) is 19.1. The second kappa shape index (κ2) is 7.03. The molecule has 0 saturated carbocycles. The first-order valence-corrected chi connectivity index (χ1v) is 6.91. The van der Waals surface area contributed by atoms with Gasteiger partial charge in [-0.2, -0.15) is 9.90 Å². The van der Waals surface area contributed by atoms with Crippen LogP contribution in [0.3, 0.4) is 0 Å². The largest absolute Gasteiger partial charge is 0.307 e. The maximum Gasteiger partial charge on any atom is 0.307 e. The van der Waals surface area contributed by atoms with Crippen LogP contribution in [0.2, 0.25) is 0 Å². The highest BCUT2D eigenvalue weighted by Crippen LogP contribution is 2.09. The second-order valence-electron chi connectivity index (χ2n) is 4.56. The Morgan fingerprint density at radius 3 is 2.35 bits per heavy atom. The van der Waals surface area contributed by atoms with E-state index in [0.29, 0.717) is 5.84 Å². The molecular formula is C15H14N8. The topological polar surface area (TPSA) is 92.7 Å². The van der Waals surface area contributed by atoms with Crippen molar-refractivity contribution in [3.63, 3.8) is 0 Å². The molecule has 0 spiro atoms. The minimum absolute atomic E-state index is 0.177. The average molecular weight is 306 g/mol. The molecule has 8 nitrogen and oxygen atoms in total. The fraction of sp³-hybridized carbons (Fsp3) is 0.0667. The van der Waals surface area contributed by atoms with E-state index >= 15 is 0 Å². The van der Waals surface area contributed by atoms with Gasteiger partial charge in [-0.15, -0.1) is 15.3 Å². The Bertz CT molecular complexity index is 808. The molecule has 0 aliphatic rings. The van der Waals surface area contributed by atoms with Crippen molar-refractivity contribution in [1.29, 1.82) is 0 Å². The van der Waals surface area contributed by atoms with Crippen LogP contribution in [0.5, 0.6) is 0 Å². The molecule has 0 aliphatic heterocycles. The normalized spacial score (nSPS) is 11.8. The van der Waals surface area contributed by atoms with Crippen LogP contribution in [-0.2, 0) is 7.05 Å². The first kappa shape index (κ1) is 14.5. The molecule has 1 N–H and O–H groups in total. The molecule has 8 heteroatoms. The molecule has 0 saturated heterocycles. The van der Waals surface area contributed by atoms with Crippen LogP contribution in [-0.4, -0.2) is 26.0 Å². The van der Waals surface area contributed by atoms with Crippen molar-refractivity contribution in [2.45, 2.75) is 0 Å². The molecule has 0 radical (unpaired) electrons. The van der Waals surface area contributed by atoms with Gasteiger partial charge in [0.1, 0.15) is 0 Å². The van der Waals surface area contributed by atoms with Crippen molar-refractivity contribution in [3.05, 3.63) is 66.2 Å². The van der Waals surface area contributed by atoms with Crippen molar-refractivity contribution in [2.24, 2.45) is 22.4 Å². The summed E-state index contributed by atoms with van der Waals surface area (Å²) in [7, 11) is 1.66. The summed E-state index contributed by atoms with van der Waals surface area (Å²) < 4.78 is 0. The van der Waals surface area contributed by atoms with Gasteiger partial charge in [-0.25, -0.2) is 0 Å². The average Bonchev–Trinajstić information content (AvgIpc) is 3.02. The molecule has 1 heterocycles. The number of nitrogens with zero attached hydrogens (tertiary/aromatic N) is 7. The Labute approximate surface area is 132 Å². The van der Waals surface area contributed by atoms with Crippen molar-refractivity contribution in [3.8, 4) is 0 Å². The van der Waals surface area contributed by atoms with E-state index in [-0.39, 0.29) is 5.95 Å². The van der Waals surface area contributed by atoms with E-state index in [1.807, 2.05) is 60.7 Å². The first-order chi connectivity index (χ1) is 11.3. The lowest BCUT2D eigenvalue weighted by atomic mass is 10.2. The molecule has 2 aromatic carbocycles. The predicted molar refractivity (Wildman–Crippen MR) is 86.4 cm³/mol. The van der Waals surface area contributed by atoms with E-state index < -0.39 is 0 Å². The number of para-hydroxylation sites is 1. The van der Waals surface area contributed by atoms with Crippen LogP contribution in [0.4, 0.5) is 11.6 Å². The SMILES string of the molecule is Cn1nnc(N=N/C(=N\Nc2ccccc2)c2ccccc2)n1. The summed E-state index contributed by atoms with van der Waals surface area (Å²) >= 11 is 0. The summed E-state index contributed by atoms with van der Waals surface area (Å²) in [6.07, 6.45) is 0. The third-order valence-corrected chi connectivity index (χ3v) is 2.83. The lowest BCUT2D eigenvalue weighted by molar-refractivity contribution is 0.630. The van der Waals surface area contributed by atoms with Gasteiger partial charge in [-0.3, -0.25) is 5.43 Å². The van der Waals surface area contributed by atoms with Crippen LogP contribution >= 0.6 is 0 Å². The minimum Gasteiger partial charge on any atom is -0.276 e. The number of nitrogens with one attached hydrogen (secondary N) is 1. The zero-order valence-corrected chi connectivity index (χ0v) is 12.4. The monoisotopic (exact) mass is 306 g/mol. The zero-order chi connectivity index (χ0) is 15.9. The van der Waals surface area contributed by atoms with Gasteiger partial charge in [0, 0.05) is 5.56 Å². The third kappa shape index (κ3) is 4.03. The van der Waals surface area contributed by atoms with Gasteiger partial charge >= 0.3 is 5.95 Å². The fourth-order valence-electron chi connectivity index (χ4n) is 1.77. The van der Waals surface area contributed by atoms with E-state index in [0.717, 1.165) is 11.3 Å². The van der Waals surface area contributed by atoms with Crippen molar-refractivity contribution in [2.75, 3.05) is 5.43 Å². The highest BCUT2D eigenvalue weighted by atomic mass is 15.6. The van der Waals surface area contributed by atoms with Crippen molar-refractivity contribution < 1.29 is 0 Å². The van der Waals surface area contributed by atoms with Gasteiger partial charge < -0.3 is 0 Å². The quantitative estimate of drug-likeness (QED) is 0.347. The molecule has 23 heavy (non-hydrogen) atoms. The molecule has 0 bridgehead atoms. The molecule has 114 valence electrons. The maximum absolute atomic E-state index is 4.31. The van der Waals surface area contributed by atoms with Crippen LogP contribution in [0.15, 0.2) is 76.0 Å². The molecule has 0 atom stereocenters. The number of hydrogen-bond acceptors (Lipinski definition) is 6. The van der Waals surface area contributed by atoms with Crippen molar-refractivity contribution in [1.82, 2.24) is 20.2 Å². The fourth-order valence-corrected chi connectivity index (χ4v) is 1.77. The van der Waals surface area contributed by atoms with Gasteiger partial charge in [0.05, 0.1) is 12.7 Å². The Balaban J connectivity index is 1.86. The van der Waals surface area contributed by atoms with E-state index in [1.165, 1.54) is 4.80 Å². The number of hydrazone groups is 1. The Kier molecular flexibility index (Phi) is 4.44.